The number of rotatable bonds is 6. The molecule has 0 saturated heterocycles. The van der Waals surface area contributed by atoms with Gasteiger partial charge < -0.3 is 10.1 Å². The zero-order valence-corrected chi connectivity index (χ0v) is 15.3. The van der Waals surface area contributed by atoms with Crippen LogP contribution in [0.3, 0.4) is 0 Å². The molecule has 0 unspecified atom stereocenters. The van der Waals surface area contributed by atoms with Crippen molar-refractivity contribution in [2.75, 3.05) is 11.9 Å². The summed E-state index contributed by atoms with van der Waals surface area (Å²) in [6, 6.07) is 9.86. The summed E-state index contributed by atoms with van der Waals surface area (Å²) in [4.78, 5) is 50.8. The molecular weight excluding hydrogens is 380 g/mol. The van der Waals surface area contributed by atoms with E-state index in [1.165, 1.54) is 42.7 Å². The normalized spacial score (nSPS) is 10.5. The van der Waals surface area contributed by atoms with E-state index in [9.17, 15) is 24.5 Å². The lowest BCUT2D eigenvalue weighted by Crippen LogP contribution is -2.28. The van der Waals surface area contributed by atoms with E-state index in [1.54, 1.807) is 6.92 Å². The van der Waals surface area contributed by atoms with Gasteiger partial charge in [0.1, 0.15) is 6.54 Å². The molecule has 0 radical (unpaired) electrons. The molecule has 0 aliphatic rings. The topological polar surface area (TPSA) is 133 Å². The molecule has 0 saturated carbocycles. The number of hydrogen-bond donors (Lipinski definition) is 1. The number of nitro benzene ring substituents is 1. The number of benzene rings is 2. The molecule has 10 heteroatoms. The van der Waals surface area contributed by atoms with Gasteiger partial charge in [-0.3, -0.25) is 24.3 Å². The summed E-state index contributed by atoms with van der Waals surface area (Å²) in [5, 5.41) is 13.6. The lowest BCUT2D eigenvalue weighted by Gasteiger charge is -2.09. The third kappa shape index (κ3) is 4.43. The highest BCUT2D eigenvalue weighted by atomic mass is 16.6. The average Bonchev–Trinajstić information content (AvgIpc) is 2.70. The quantitative estimate of drug-likeness (QED) is 0.383. The molecule has 1 amide bonds. The Hall–Kier alpha value is -4.08. The monoisotopic (exact) mass is 396 g/mol. The maximum Gasteiger partial charge on any atom is 0.338 e. The third-order valence-corrected chi connectivity index (χ3v) is 4.01. The number of anilines is 1. The van der Waals surface area contributed by atoms with Gasteiger partial charge in [0.05, 0.1) is 34.3 Å². The molecule has 0 aliphatic carbocycles. The Labute approximate surface area is 163 Å². The molecule has 148 valence electrons. The first-order chi connectivity index (χ1) is 13.9. The van der Waals surface area contributed by atoms with Crippen molar-refractivity contribution in [3.63, 3.8) is 0 Å². The van der Waals surface area contributed by atoms with E-state index >= 15 is 0 Å². The number of amides is 1. The molecule has 0 fully saturated rings. The largest absolute Gasteiger partial charge is 0.462 e. The summed E-state index contributed by atoms with van der Waals surface area (Å²) in [5.74, 6) is -0.962. The van der Waals surface area contributed by atoms with E-state index in [-0.39, 0.29) is 24.2 Å². The van der Waals surface area contributed by atoms with Crippen LogP contribution in [0, 0.1) is 10.1 Å². The molecule has 0 atom stereocenters. The fraction of sp³-hybridized carbons (Fsp3) is 0.158. The second kappa shape index (κ2) is 8.30. The average molecular weight is 396 g/mol. The zero-order chi connectivity index (χ0) is 21.0. The van der Waals surface area contributed by atoms with Gasteiger partial charge in [-0.2, -0.15) is 0 Å². The van der Waals surface area contributed by atoms with Gasteiger partial charge in [0.2, 0.25) is 5.91 Å². The molecule has 0 aliphatic heterocycles. The molecular formula is C19H16N4O6. The lowest BCUT2D eigenvalue weighted by molar-refractivity contribution is -0.384. The molecule has 1 aromatic heterocycles. The van der Waals surface area contributed by atoms with Gasteiger partial charge in [-0.05, 0) is 37.3 Å². The SMILES string of the molecule is CCOC(=O)c1ccc(NC(=O)Cn2cnc3ccc([N+](=O)[O-])cc3c2=O)cc1. The first kappa shape index (κ1) is 19.7. The minimum absolute atomic E-state index is 0.0493. The van der Waals surface area contributed by atoms with E-state index < -0.39 is 22.4 Å². The highest BCUT2D eigenvalue weighted by molar-refractivity contribution is 5.93. The van der Waals surface area contributed by atoms with Crippen LogP contribution in [0.2, 0.25) is 0 Å². The van der Waals surface area contributed by atoms with Gasteiger partial charge >= 0.3 is 5.97 Å². The number of carbonyl (C=O) groups excluding carboxylic acids is 2. The maximum atomic E-state index is 12.5. The van der Waals surface area contributed by atoms with Gasteiger partial charge in [-0.15, -0.1) is 0 Å². The van der Waals surface area contributed by atoms with Gasteiger partial charge in [-0.25, -0.2) is 9.78 Å². The number of ether oxygens (including phenoxy) is 1. The molecule has 0 bridgehead atoms. The number of nitro groups is 1. The number of nitrogens with one attached hydrogen (secondary N) is 1. The highest BCUT2D eigenvalue weighted by Gasteiger charge is 2.13. The van der Waals surface area contributed by atoms with Crippen LogP contribution in [0.25, 0.3) is 10.9 Å². The second-order valence-corrected chi connectivity index (χ2v) is 5.98. The summed E-state index contributed by atoms with van der Waals surface area (Å²) >= 11 is 0. The van der Waals surface area contributed by atoms with Gasteiger partial charge in [0, 0.05) is 17.8 Å². The Morgan fingerprint density at radius 1 is 1.21 bits per heavy atom. The molecule has 29 heavy (non-hydrogen) atoms. The maximum absolute atomic E-state index is 12.5. The van der Waals surface area contributed by atoms with E-state index in [4.69, 9.17) is 4.74 Å². The summed E-state index contributed by atoms with van der Waals surface area (Å²) in [6.07, 6.45) is 1.21. The van der Waals surface area contributed by atoms with Crippen LogP contribution in [0.1, 0.15) is 17.3 Å². The van der Waals surface area contributed by atoms with Crippen LogP contribution in [0.4, 0.5) is 11.4 Å². The molecule has 1 N–H and O–H groups in total. The first-order valence-electron chi connectivity index (χ1n) is 8.59. The Balaban J connectivity index is 1.76. The Morgan fingerprint density at radius 2 is 1.93 bits per heavy atom. The predicted molar refractivity (Wildman–Crippen MR) is 104 cm³/mol. The number of esters is 1. The Morgan fingerprint density at radius 3 is 2.59 bits per heavy atom. The van der Waals surface area contributed by atoms with Crippen molar-refractivity contribution in [3.8, 4) is 0 Å². The van der Waals surface area contributed by atoms with Crippen molar-refractivity contribution in [2.24, 2.45) is 0 Å². The standard InChI is InChI=1S/C19H16N4O6/c1-2-29-19(26)12-3-5-13(6-4-12)21-17(24)10-22-11-20-16-8-7-14(23(27)28)9-15(16)18(22)25/h3-9,11H,2,10H2,1H3,(H,21,24). The number of carbonyl (C=O) groups is 2. The fourth-order valence-corrected chi connectivity index (χ4v) is 2.63. The van der Waals surface area contributed by atoms with Crippen LogP contribution in [0.5, 0.6) is 0 Å². The van der Waals surface area contributed by atoms with Gasteiger partial charge in [0.25, 0.3) is 11.2 Å². The fourth-order valence-electron chi connectivity index (χ4n) is 2.63. The highest BCUT2D eigenvalue weighted by Crippen LogP contribution is 2.16. The number of hydrogen-bond acceptors (Lipinski definition) is 7. The van der Waals surface area contributed by atoms with Crippen LogP contribution >= 0.6 is 0 Å². The smallest absolute Gasteiger partial charge is 0.338 e. The number of nitrogens with zero attached hydrogens (tertiary/aromatic N) is 3. The summed E-state index contributed by atoms with van der Waals surface area (Å²) in [7, 11) is 0. The zero-order valence-electron chi connectivity index (χ0n) is 15.3. The lowest BCUT2D eigenvalue weighted by atomic mass is 10.2. The van der Waals surface area contributed by atoms with Crippen LogP contribution in [-0.4, -0.2) is 33.0 Å². The number of aromatic nitrogens is 2. The molecule has 3 rings (SSSR count). The molecule has 3 aromatic rings. The van der Waals surface area contributed by atoms with Crippen LogP contribution in [0.15, 0.2) is 53.6 Å². The van der Waals surface area contributed by atoms with Gasteiger partial charge in [-0.1, -0.05) is 0 Å². The predicted octanol–water partition coefficient (Wildman–Crippen LogP) is 2.12. The van der Waals surface area contributed by atoms with Crippen molar-refractivity contribution >= 4 is 34.2 Å². The van der Waals surface area contributed by atoms with Crippen molar-refractivity contribution in [2.45, 2.75) is 13.5 Å². The minimum Gasteiger partial charge on any atom is -0.462 e. The minimum atomic E-state index is -0.608. The van der Waals surface area contributed by atoms with Crippen molar-refractivity contribution in [3.05, 3.63) is 74.8 Å². The van der Waals surface area contributed by atoms with Crippen LogP contribution < -0.4 is 10.9 Å². The second-order valence-electron chi connectivity index (χ2n) is 5.98. The van der Waals surface area contributed by atoms with E-state index in [2.05, 4.69) is 10.3 Å². The summed E-state index contributed by atoms with van der Waals surface area (Å²) in [6.45, 7) is 1.63. The van der Waals surface area contributed by atoms with E-state index in [1.807, 2.05) is 0 Å². The summed E-state index contributed by atoms with van der Waals surface area (Å²) in [5.41, 5.74) is 0.278. The first-order valence-corrected chi connectivity index (χ1v) is 8.59. The molecule has 2 aromatic carbocycles. The Bertz CT molecular complexity index is 1150. The van der Waals surface area contributed by atoms with Gasteiger partial charge in [0.15, 0.2) is 0 Å². The van der Waals surface area contributed by atoms with Crippen molar-refractivity contribution in [1.82, 2.24) is 9.55 Å². The van der Waals surface area contributed by atoms with Crippen molar-refractivity contribution in [1.29, 1.82) is 0 Å². The van der Waals surface area contributed by atoms with E-state index in [0.717, 1.165) is 10.6 Å². The van der Waals surface area contributed by atoms with Crippen molar-refractivity contribution < 1.29 is 19.2 Å². The number of fused-ring (bicyclic) bond motifs is 1. The van der Waals surface area contributed by atoms with Crippen LogP contribution in [-0.2, 0) is 16.1 Å². The Kier molecular flexibility index (Phi) is 5.63. The molecule has 10 nitrogen and oxygen atoms in total. The third-order valence-electron chi connectivity index (χ3n) is 4.01. The summed E-state index contributed by atoms with van der Waals surface area (Å²) < 4.78 is 5.95. The van der Waals surface area contributed by atoms with E-state index in [0.29, 0.717) is 16.8 Å². The molecule has 0 spiro atoms. The molecule has 1 heterocycles. The number of non-ortho nitro benzene ring substituents is 1.